The van der Waals surface area contributed by atoms with Crippen molar-refractivity contribution in [1.29, 1.82) is 0 Å². The predicted molar refractivity (Wildman–Crippen MR) is 72.7 cm³/mol. The van der Waals surface area contributed by atoms with Gasteiger partial charge in [-0.1, -0.05) is 0 Å². The van der Waals surface area contributed by atoms with Crippen LogP contribution in [0.4, 0.5) is 5.69 Å². The number of anilines is 1. The van der Waals surface area contributed by atoms with Crippen LogP contribution >= 0.6 is 0 Å². The molecule has 5 nitrogen and oxygen atoms in total. The summed E-state index contributed by atoms with van der Waals surface area (Å²) in [6, 6.07) is 9.07. The van der Waals surface area contributed by atoms with E-state index in [1.807, 2.05) is 28.9 Å². The molecule has 2 N–H and O–H groups in total. The van der Waals surface area contributed by atoms with Crippen LogP contribution in [0, 0.1) is 0 Å². The Morgan fingerprint density at radius 3 is 2.89 bits per heavy atom. The zero-order chi connectivity index (χ0) is 13.2. The normalized spacial score (nSPS) is 10.6. The molecule has 0 atom stereocenters. The Hall–Kier alpha value is -2.69. The van der Waals surface area contributed by atoms with Gasteiger partial charge in [-0.25, -0.2) is 4.98 Å². The van der Waals surface area contributed by atoms with Gasteiger partial charge in [0.2, 0.25) is 0 Å². The lowest BCUT2D eigenvalue weighted by atomic mass is 10.3. The molecular formula is C14H13N3O2. The van der Waals surface area contributed by atoms with Crippen LogP contribution in [0.25, 0.3) is 5.65 Å². The Kier molecular flexibility index (Phi) is 2.72. The first-order valence-electron chi connectivity index (χ1n) is 5.81. The molecule has 0 bridgehead atoms. The van der Waals surface area contributed by atoms with Crippen molar-refractivity contribution in [1.82, 2.24) is 9.38 Å². The molecule has 96 valence electrons. The van der Waals surface area contributed by atoms with Crippen molar-refractivity contribution in [2.24, 2.45) is 0 Å². The summed E-state index contributed by atoms with van der Waals surface area (Å²) >= 11 is 0. The minimum atomic E-state index is 0.578. The number of nitrogens with two attached hydrogens (primary N) is 1. The summed E-state index contributed by atoms with van der Waals surface area (Å²) in [5.74, 6) is 1.93. The lowest BCUT2D eigenvalue weighted by Gasteiger charge is -2.09. The van der Waals surface area contributed by atoms with Crippen molar-refractivity contribution >= 4 is 11.3 Å². The maximum Gasteiger partial charge on any atom is 0.180 e. The number of pyridine rings is 1. The van der Waals surface area contributed by atoms with Gasteiger partial charge in [0.25, 0.3) is 0 Å². The largest absolute Gasteiger partial charge is 0.494 e. The summed E-state index contributed by atoms with van der Waals surface area (Å²) in [6.45, 7) is 0. The van der Waals surface area contributed by atoms with Gasteiger partial charge in [0.05, 0.1) is 12.8 Å². The number of fused-ring (bicyclic) bond motifs is 1. The molecule has 0 aliphatic carbocycles. The Bertz CT molecular complexity index is 722. The molecule has 5 heteroatoms. The van der Waals surface area contributed by atoms with Gasteiger partial charge in [0.15, 0.2) is 11.4 Å². The summed E-state index contributed by atoms with van der Waals surface area (Å²) in [6.07, 6.45) is 5.51. The first kappa shape index (κ1) is 11.4. The molecule has 0 spiro atoms. The van der Waals surface area contributed by atoms with Crippen LogP contribution in [0.5, 0.6) is 17.2 Å². The first-order valence-corrected chi connectivity index (χ1v) is 5.81. The van der Waals surface area contributed by atoms with Crippen LogP contribution in [-0.2, 0) is 0 Å². The Labute approximate surface area is 110 Å². The third kappa shape index (κ3) is 2.06. The number of rotatable bonds is 3. The van der Waals surface area contributed by atoms with E-state index < -0.39 is 0 Å². The molecule has 0 aliphatic heterocycles. The maximum absolute atomic E-state index is 5.83. The van der Waals surface area contributed by atoms with E-state index in [0.717, 1.165) is 5.65 Å². The highest BCUT2D eigenvalue weighted by molar-refractivity contribution is 5.58. The quantitative estimate of drug-likeness (QED) is 0.731. The summed E-state index contributed by atoms with van der Waals surface area (Å²) in [5, 5.41) is 0. The molecule has 0 radical (unpaired) electrons. The number of ether oxygens (including phenoxy) is 2. The zero-order valence-corrected chi connectivity index (χ0v) is 10.4. The average Bonchev–Trinajstić information content (AvgIpc) is 2.90. The van der Waals surface area contributed by atoms with Gasteiger partial charge in [-0.3, -0.25) is 0 Å². The molecule has 0 aliphatic rings. The third-order valence-corrected chi connectivity index (χ3v) is 2.82. The fraction of sp³-hybridized carbons (Fsp3) is 0.0714. The molecule has 0 unspecified atom stereocenters. The minimum absolute atomic E-state index is 0.578. The summed E-state index contributed by atoms with van der Waals surface area (Å²) < 4.78 is 12.9. The van der Waals surface area contributed by atoms with Crippen LogP contribution in [0.1, 0.15) is 0 Å². The van der Waals surface area contributed by atoms with Gasteiger partial charge in [-0.15, -0.1) is 0 Å². The van der Waals surface area contributed by atoms with E-state index in [1.54, 1.807) is 31.5 Å². The number of methoxy groups -OCH3 is 1. The second-order valence-corrected chi connectivity index (χ2v) is 4.04. The summed E-state index contributed by atoms with van der Waals surface area (Å²) in [5.41, 5.74) is 7.11. The molecule has 3 aromatic rings. The van der Waals surface area contributed by atoms with E-state index in [9.17, 15) is 0 Å². The predicted octanol–water partition coefficient (Wildman–Crippen LogP) is 2.72. The second-order valence-electron chi connectivity index (χ2n) is 4.04. The fourth-order valence-electron chi connectivity index (χ4n) is 1.88. The van der Waals surface area contributed by atoms with Crippen LogP contribution in [0.3, 0.4) is 0 Å². The molecule has 0 amide bonds. The molecule has 1 aromatic carbocycles. The monoisotopic (exact) mass is 255 g/mol. The van der Waals surface area contributed by atoms with Crippen molar-refractivity contribution in [2.45, 2.75) is 0 Å². The van der Waals surface area contributed by atoms with E-state index in [2.05, 4.69) is 4.98 Å². The molecule has 0 saturated heterocycles. The SMILES string of the molecule is COc1cc(Oc2cccn3ccnc23)ccc1N. The number of nitrogen functional groups attached to an aromatic ring is 1. The first-order chi connectivity index (χ1) is 9.28. The topological polar surface area (TPSA) is 61.8 Å². The number of imidazole rings is 1. The number of hydrogen-bond acceptors (Lipinski definition) is 4. The molecular weight excluding hydrogens is 242 g/mol. The molecule has 3 rings (SSSR count). The average molecular weight is 255 g/mol. The van der Waals surface area contributed by atoms with Gasteiger partial charge < -0.3 is 19.6 Å². The van der Waals surface area contributed by atoms with Crippen LogP contribution in [-0.4, -0.2) is 16.5 Å². The minimum Gasteiger partial charge on any atom is -0.494 e. The lowest BCUT2D eigenvalue weighted by Crippen LogP contribution is -1.94. The van der Waals surface area contributed by atoms with Crippen molar-refractivity contribution in [3.63, 3.8) is 0 Å². The highest BCUT2D eigenvalue weighted by Crippen LogP contribution is 2.31. The number of hydrogen-bond donors (Lipinski definition) is 1. The van der Waals surface area contributed by atoms with Crippen LogP contribution < -0.4 is 15.2 Å². The molecule has 0 saturated carbocycles. The summed E-state index contributed by atoms with van der Waals surface area (Å²) in [4.78, 5) is 4.26. The molecule has 0 fully saturated rings. The fourth-order valence-corrected chi connectivity index (χ4v) is 1.88. The highest BCUT2D eigenvalue weighted by Gasteiger charge is 2.07. The van der Waals surface area contributed by atoms with Crippen LogP contribution in [0.15, 0.2) is 48.9 Å². The molecule has 2 aromatic heterocycles. The zero-order valence-electron chi connectivity index (χ0n) is 10.4. The number of nitrogens with zero attached hydrogens (tertiary/aromatic N) is 2. The van der Waals surface area contributed by atoms with E-state index in [0.29, 0.717) is 22.9 Å². The Morgan fingerprint density at radius 2 is 2.05 bits per heavy atom. The van der Waals surface area contributed by atoms with Gasteiger partial charge >= 0.3 is 0 Å². The van der Waals surface area contributed by atoms with Crippen molar-refractivity contribution < 1.29 is 9.47 Å². The van der Waals surface area contributed by atoms with Gasteiger partial charge in [-0.2, -0.15) is 0 Å². The van der Waals surface area contributed by atoms with E-state index in [1.165, 1.54) is 0 Å². The van der Waals surface area contributed by atoms with E-state index in [-0.39, 0.29) is 0 Å². The van der Waals surface area contributed by atoms with Crippen molar-refractivity contribution in [2.75, 3.05) is 12.8 Å². The molecule has 2 heterocycles. The Morgan fingerprint density at radius 1 is 1.16 bits per heavy atom. The third-order valence-electron chi connectivity index (χ3n) is 2.82. The van der Waals surface area contributed by atoms with Crippen LogP contribution in [0.2, 0.25) is 0 Å². The standard InChI is InChI=1S/C14H13N3O2/c1-18-13-9-10(4-5-11(13)15)19-12-3-2-7-17-8-6-16-14(12)17/h2-9H,15H2,1H3. The van der Waals surface area contributed by atoms with Crippen molar-refractivity contribution in [3.8, 4) is 17.2 Å². The second kappa shape index (κ2) is 4.53. The van der Waals surface area contributed by atoms with Gasteiger partial charge in [0.1, 0.15) is 11.5 Å². The van der Waals surface area contributed by atoms with E-state index in [4.69, 9.17) is 15.2 Å². The smallest absolute Gasteiger partial charge is 0.180 e. The number of benzene rings is 1. The highest BCUT2D eigenvalue weighted by atomic mass is 16.5. The van der Waals surface area contributed by atoms with Gasteiger partial charge in [-0.05, 0) is 24.3 Å². The van der Waals surface area contributed by atoms with E-state index >= 15 is 0 Å². The molecule has 19 heavy (non-hydrogen) atoms. The maximum atomic E-state index is 5.83. The lowest BCUT2D eigenvalue weighted by molar-refractivity contribution is 0.411. The Balaban J connectivity index is 1.99. The summed E-state index contributed by atoms with van der Waals surface area (Å²) in [7, 11) is 1.57. The van der Waals surface area contributed by atoms with Gasteiger partial charge in [0, 0.05) is 24.7 Å². The van der Waals surface area contributed by atoms with Crippen molar-refractivity contribution in [3.05, 3.63) is 48.9 Å². The number of aromatic nitrogens is 2.